The largest absolute Gasteiger partial charge is 0.314 e. The van der Waals surface area contributed by atoms with Crippen LogP contribution in [0.2, 0.25) is 0 Å². The van der Waals surface area contributed by atoms with E-state index in [2.05, 4.69) is 55.2 Å². The number of aryl methyl sites for hydroxylation is 1. The first-order chi connectivity index (χ1) is 9.10. The molecule has 0 amide bonds. The van der Waals surface area contributed by atoms with Crippen molar-refractivity contribution in [3.8, 4) is 0 Å². The molecule has 0 spiro atoms. The molecule has 0 radical (unpaired) electrons. The van der Waals surface area contributed by atoms with Crippen molar-refractivity contribution in [2.75, 3.05) is 6.54 Å². The summed E-state index contributed by atoms with van der Waals surface area (Å²) in [6.07, 6.45) is 3.80. The first-order valence-corrected chi connectivity index (χ1v) is 7.12. The number of hydrogen-bond donors (Lipinski definition) is 1. The Bertz CT molecular complexity index is 530. The van der Waals surface area contributed by atoms with E-state index in [-0.39, 0.29) is 0 Å². The highest BCUT2D eigenvalue weighted by atomic mass is 15.3. The van der Waals surface area contributed by atoms with Crippen LogP contribution in [-0.4, -0.2) is 27.2 Å². The van der Waals surface area contributed by atoms with Gasteiger partial charge < -0.3 is 5.32 Å². The van der Waals surface area contributed by atoms with Crippen molar-refractivity contribution in [3.63, 3.8) is 0 Å². The van der Waals surface area contributed by atoms with Gasteiger partial charge in [0.25, 0.3) is 0 Å². The van der Waals surface area contributed by atoms with Gasteiger partial charge in [-0.05, 0) is 43.5 Å². The lowest BCUT2D eigenvalue weighted by Crippen LogP contribution is -2.33. The highest BCUT2D eigenvalue weighted by Crippen LogP contribution is 2.14. The van der Waals surface area contributed by atoms with E-state index in [4.69, 9.17) is 0 Å². The van der Waals surface area contributed by atoms with E-state index >= 15 is 0 Å². The predicted molar refractivity (Wildman–Crippen MR) is 78.3 cm³/mol. The Morgan fingerprint density at radius 3 is 2.79 bits per heavy atom. The summed E-state index contributed by atoms with van der Waals surface area (Å²) in [5, 5.41) is 7.91. The maximum Gasteiger partial charge on any atom is 0.155 e. The van der Waals surface area contributed by atoms with Gasteiger partial charge in [0.2, 0.25) is 0 Å². The van der Waals surface area contributed by atoms with Gasteiger partial charge in [-0.3, -0.25) is 0 Å². The number of aromatic nitrogens is 3. The highest BCUT2D eigenvalue weighted by Gasteiger charge is 2.13. The standard InChI is InChI=1S/C15H24N4/c1-5-16-13(6-11(2)3)9-14-7-12(4)8-15-17-10-18-19(14)15/h7-8,10-11,13,16H,5-6,9H2,1-4H3. The Kier molecular flexibility index (Phi) is 4.53. The zero-order valence-corrected chi connectivity index (χ0v) is 12.3. The van der Waals surface area contributed by atoms with Crippen LogP contribution < -0.4 is 5.32 Å². The number of hydrogen-bond acceptors (Lipinski definition) is 3. The Morgan fingerprint density at radius 2 is 2.11 bits per heavy atom. The zero-order chi connectivity index (χ0) is 13.8. The molecule has 2 aromatic rings. The van der Waals surface area contributed by atoms with Crippen LogP contribution >= 0.6 is 0 Å². The Labute approximate surface area is 115 Å². The van der Waals surface area contributed by atoms with Crippen molar-refractivity contribution in [3.05, 3.63) is 29.7 Å². The summed E-state index contributed by atoms with van der Waals surface area (Å²) >= 11 is 0. The second kappa shape index (κ2) is 6.15. The summed E-state index contributed by atoms with van der Waals surface area (Å²) in [5.41, 5.74) is 3.42. The Hall–Kier alpha value is -1.42. The first-order valence-electron chi connectivity index (χ1n) is 7.12. The lowest BCUT2D eigenvalue weighted by atomic mass is 9.99. The summed E-state index contributed by atoms with van der Waals surface area (Å²) in [5.74, 6) is 0.695. The maximum atomic E-state index is 4.33. The van der Waals surface area contributed by atoms with Gasteiger partial charge in [0.1, 0.15) is 6.33 Å². The van der Waals surface area contributed by atoms with Gasteiger partial charge in [-0.1, -0.05) is 20.8 Å². The molecule has 0 saturated heterocycles. The molecule has 0 saturated carbocycles. The summed E-state index contributed by atoms with van der Waals surface area (Å²) in [4.78, 5) is 4.29. The first kappa shape index (κ1) is 14.0. The Balaban J connectivity index is 2.24. The molecule has 0 aliphatic rings. The molecule has 0 aromatic carbocycles. The summed E-state index contributed by atoms with van der Waals surface area (Å²) < 4.78 is 1.96. The smallest absolute Gasteiger partial charge is 0.155 e. The normalized spacial score (nSPS) is 13.3. The predicted octanol–water partition coefficient (Wildman–Crippen LogP) is 2.60. The molecule has 0 bridgehead atoms. The van der Waals surface area contributed by atoms with Crippen molar-refractivity contribution in [1.82, 2.24) is 19.9 Å². The third-order valence-electron chi connectivity index (χ3n) is 3.30. The van der Waals surface area contributed by atoms with E-state index < -0.39 is 0 Å². The summed E-state index contributed by atoms with van der Waals surface area (Å²) in [6, 6.07) is 4.78. The van der Waals surface area contributed by atoms with Crippen LogP contribution in [0.15, 0.2) is 18.5 Å². The zero-order valence-electron chi connectivity index (χ0n) is 12.3. The minimum atomic E-state index is 0.499. The lowest BCUT2D eigenvalue weighted by Gasteiger charge is -2.20. The van der Waals surface area contributed by atoms with Gasteiger partial charge in [0.15, 0.2) is 5.65 Å². The maximum absolute atomic E-state index is 4.33. The molecule has 104 valence electrons. The van der Waals surface area contributed by atoms with Gasteiger partial charge in [-0.25, -0.2) is 9.50 Å². The number of fused-ring (bicyclic) bond motifs is 1. The van der Waals surface area contributed by atoms with E-state index in [0.717, 1.165) is 18.6 Å². The fourth-order valence-corrected chi connectivity index (χ4v) is 2.63. The van der Waals surface area contributed by atoms with E-state index in [1.54, 1.807) is 6.33 Å². The molecule has 1 atom stereocenters. The molecule has 2 aromatic heterocycles. The van der Waals surface area contributed by atoms with E-state index in [1.807, 2.05) is 4.52 Å². The van der Waals surface area contributed by atoms with Gasteiger partial charge >= 0.3 is 0 Å². The van der Waals surface area contributed by atoms with Gasteiger partial charge in [-0.2, -0.15) is 5.10 Å². The van der Waals surface area contributed by atoms with E-state index in [1.165, 1.54) is 17.7 Å². The molecule has 0 aliphatic heterocycles. The Morgan fingerprint density at radius 1 is 1.32 bits per heavy atom. The SMILES string of the molecule is CCNC(Cc1cc(C)cc2ncnn12)CC(C)C. The quantitative estimate of drug-likeness (QED) is 0.868. The van der Waals surface area contributed by atoms with Crippen LogP contribution in [0.3, 0.4) is 0 Å². The van der Waals surface area contributed by atoms with Crippen molar-refractivity contribution in [2.24, 2.45) is 5.92 Å². The fourth-order valence-electron chi connectivity index (χ4n) is 2.63. The molecule has 0 aliphatic carbocycles. The van der Waals surface area contributed by atoms with E-state index in [0.29, 0.717) is 12.0 Å². The highest BCUT2D eigenvalue weighted by molar-refractivity contribution is 5.41. The topological polar surface area (TPSA) is 42.2 Å². The fraction of sp³-hybridized carbons (Fsp3) is 0.600. The van der Waals surface area contributed by atoms with Gasteiger partial charge in [0, 0.05) is 18.2 Å². The molecule has 19 heavy (non-hydrogen) atoms. The summed E-state index contributed by atoms with van der Waals surface area (Å²) in [7, 11) is 0. The monoisotopic (exact) mass is 260 g/mol. The van der Waals surface area contributed by atoms with Gasteiger partial charge in [-0.15, -0.1) is 0 Å². The van der Waals surface area contributed by atoms with Crippen molar-refractivity contribution in [2.45, 2.75) is 46.6 Å². The van der Waals surface area contributed by atoms with E-state index in [9.17, 15) is 0 Å². The molecule has 4 nitrogen and oxygen atoms in total. The minimum absolute atomic E-state index is 0.499. The van der Waals surface area contributed by atoms with Crippen LogP contribution in [0.25, 0.3) is 5.65 Å². The average Bonchev–Trinajstić information content (AvgIpc) is 2.76. The lowest BCUT2D eigenvalue weighted by molar-refractivity contribution is 0.419. The molecule has 2 heterocycles. The molecular weight excluding hydrogens is 236 g/mol. The summed E-state index contributed by atoms with van der Waals surface area (Å²) in [6.45, 7) is 9.82. The molecule has 1 unspecified atom stereocenters. The molecule has 1 N–H and O–H groups in total. The molecule has 4 heteroatoms. The van der Waals surface area contributed by atoms with Crippen LogP contribution in [0.5, 0.6) is 0 Å². The van der Waals surface area contributed by atoms with Crippen molar-refractivity contribution < 1.29 is 0 Å². The van der Waals surface area contributed by atoms with Crippen LogP contribution in [0.1, 0.15) is 38.4 Å². The third-order valence-corrected chi connectivity index (χ3v) is 3.30. The van der Waals surface area contributed by atoms with Gasteiger partial charge in [0.05, 0.1) is 0 Å². The molecule has 0 fully saturated rings. The second-order valence-corrected chi connectivity index (χ2v) is 5.64. The number of pyridine rings is 1. The number of nitrogens with zero attached hydrogens (tertiary/aromatic N) is 3. The molecule has 2 rings (SSSR count). The van der Waals surface area contributed by atoms with Crippen LogP contribution in [0, 0.1) is 12.8 Å². The van der Waals surface area contributed by atoms with Crippen molar-refractivity contribution in [1.29, 1.82) is 0 Å². The number of likely N-dealkylation sites (N-methyl/N-ethyl adjacent to an activating group) is 1. The van der Waals surface area contributed by atoms with Crippen LogP contribution in [0.4, 0.5) is 0 Å². The molecular formula is C15H24N4. The minimum Gasteiger partial charge on any atom is -0.314 e. The second-order valence-electron chi connectivity index (χ2n) is 5.64. The van der Waals surface area contributed by atoms with Crippen molar-refractivity contribution >= 4 is 5.65 Å². The number of rotatable bonds is 6. The third kappa shape index (κ3) is 3.53. The number of nitrogens with one attached hydrogen (secondary N) is 1. The van der Waals surface area contributed by atoms with Crippen LogP contribution in [-0.2, 0) is 6.42 Å². The average molecular weight is 260 g/mol.